The number of aryl methyl sites for hydroxylation is 2. The lowest BCUT2D eigenvalue weighted by molar-refractivity contribution is -0.00933. The van der Waals surface area contributed by atoms with E-state index in [-0.39, 0.29) is 6.10 Å². The molecule has 0 spiro atoms. The van der Waals surface area contributed by atoms with E-state index in [1.165, 1.54) is 6.42 Å². The average Bonchev–Trinajstić information content (AvgIpc) is 2.74. The minimum absolute atomic E-state index is 0.273. The topological polar surface area (TPSA) is 39.1 Å². The average molecular weight is 286 g/mol. The van der Waals surface area contributed by atoms with Gasteiger partial charge in [0.15, 0.2) is 0 Å². The summed E-state index contributed by atoms with van der Waals surface area (Å²) in [5.74, 6) is 0.601. The molecule has 1 aromatic rings. The summed E-state index contributed by atoms with van der Waals surface area (Å²) in [5.41, 5.74) is 1.98. The van der Waals surface area contributed by atoms with Gasteiger partial charge in [0.25, 0.3) is 0 Å². The maximum absolute atomic E-state index is 6.38. The first-order valence-electron chi connectivity index (χ1n) is 7.23. The molecule has 1 aliphatic heterocycles. The van der Waals surface area contributed by atoms with E-state index >= 15 is 0 Å². The number of aromatic nitrogens is 2. The van der Waals surface area contributed by atoms with Crippen LogP contribution < -0.4 is 5.32 Å². The zero-order valence-electron chi connectivity index (χ0n) is 12.1. The first kappa shape index (κ1) is 14.8. The number of nitrogens with zero attached hydrogens (tertiary/aromatic N) is 2. The molecule has 108 valence electrons. The lowest BCUT2D eigenvalue weighted by Crippen LogP contribution is -2.41. The van der Waals surface area contributed by atoms with E-state index in [1.807, 2.05) is 4.68 Å². The molecule has 0 radical (unpaired) electrons. The Labute approximate surface area is 120 Å². The predicted molar refractivity (Wildman–Crippen MR) is 77.5 cm³/mol. The number of nitrogens with one attached hydrogen (secondary N) is 1. The largest absolute Gasteiger partial charge is 0.370 e. The molecule has 4 nitrogen and oxygen atoms in total. The fourth-order valence-electron chi connectivity index (χ4n) is 2.53. The molecule has 2 rings (SSSR count). The van der Waals surface area contributed by atoms with Crippen molar-refractivity contribution >= 4 is 11.6 Å². The third-order valence-electron chi connectivity index (χ3n) is 3.88. The van der Waals surface area contributed by atoms with E-state index in [2.05, 4.69) is 31.2 Å². The van der Waals surface area contributed by atoms with Gasteiger partial charge in [0.05, 0.1) is 29.1 Å². The van der Waals surface area contributed by atoms with Gasteiger partial charge in [-0.3, -0.25) is 4.68 Å². The minimum atomic E-state index is 0.273. The van der Waals surface area contributed by atoms with Crippen LogP contribution in [0, 0.1) is 5.92 Å². The van der Waals surface area contributed by atoms with Crippen LogP contribution in [-0.2, 0) is 24.3 Å². The maximum atomic E-state index is 6.38. The maximum Gasteiger partial charge on any atom is 0.0904 e. The third-order valence-corrected chi connectivity index (χ3v) is 4.32. The highest BCUT2D eigenvalue weighted by atomic mass is 35.5. The predicted octanol–water partition coefficient (Wildman–Crippen LogP) is 2.63. The molecule has 1 aliphatic rings. The number of rotatable bonds is 5. The molecular formula is C14H24ClN3O. The van der Waals surface area contributed by atoms with Gasteiger partial charge in [0.1, 0.15) is 0 Å². The Morgan fingerprint density at radius 2 is 2.26 bits per heavy atom. The second-order valence-electron chi connectivity index (χ2n) is 5.20. The standard InChI is InChI=1S/C14H24ClN3O/c1-4-11-14(15)12(18(5-2)17-11)9-19-13-8-16-7-6-10(13)3/h10,13,16H,4-9H2,1-3H3. The van der Waals surface area contributed by atoms with Crippen LogP contribution in [0.25, 0.3) is 0 Å². The Balaban J connectivity index is 2.04. The summed E-state index contributed by atoms with van der Waals surface area (Å²) in [4.78, 5) is 0. The molecule has 2 unspecified atom stereocenters. The Bertz CT molecular complexity index is 419. The van der Waals surface area contributed by atoms with Gasteiger partial charge in [-0.25, -0.2) is 0 Å². The molecule has 0 bridgehead atoms. The molecule has 0 aliphatic carbocycles. The number of hydrogen-bond donors (Lipinski definition) is 1. The first-order valence-corrected chi connectivity index (χ1v) is 7.61. The van der Waals surface area contributed by atoms with Gasteiger partial charge in [-0.1, -0.05) is 25.4 Å². The zero-order valence-corrected chi connectivity index (χ0v) is 12.8. The summed E-state index contributed by atoms with van der Waals surface area (Å²) in [5, 5.41) is 8.68. The second-order valence-corrected chi connectivity index (χ2v) is 5.57. The molecular weight excluding hydrogens is 262 g/mol. The molecule has 2 atom stereocenters. The summed E-state index contributed by atoms with van der Waals surface area (Å²) in [6, 6.07) is 0. The lowest BCUT2D eigenvalue weighted by atomic mass is 9.97. The van der Waals surface area contributed by atoms with Crippen molar-refractivity contribution in [1.82, 2.24) is 15.1 Å². The van der Waals surface area contributed by atoms with Crippen molar-refractivity contribution in [3.8, 4) is 0 Å². The van der Waals surface area contributed by atoms with Crippen molar-refractivity contribution in [2.75, 3.05) is 13.1 Å². The molecule has 0 amide bonds. The smallest absolute Gasteiger partial charge is 0.0904 e. The monoisotopic (exact) mass is 285 g/mol. The van der Waals surface area contributed by atoms with E-state index < -0.39 is 0 Å². The van der Waals surface area contributed by atoms with Gasteiger partial charge in [0, 0.05) is 13.1 Å². The van der Waals surface area contributed by atoms with Crippen molar-refractivity contribution in [2.45, 2.75) is 52.9 Å². The van der Waals surface area contributed by atoms with Gasteiger partial charge >= 0.3 is 0 Å². The molecule has 2 heterocycles. The Morgan fingerprint density at radius 3 is 2.89 bits per heavy atom. The highest BCUT2D eigenvalue weighted by molar-refractivity contribution is 6.31. The van der Waals surface area contributed by atoms with Crippen LogP contribution in [0.3, 0.4) is 0 Å². The summed E-state index contributed by atoms with van der Waals surface area (Å²) < 4.78 is 8.02. The fourth-order valence-corrected chi connectivity index (χ4v) is 2.85. The second kappa shape index (κ2) is 6.73. The molecule has 1 N–H and O–H groups in total. The minimum Gasteiger partial charge on any atom is -0.370 e. The van der Waals surface area contributed by atoms with Crippen LogP contribution in [0.2, 0.25) is 5.02 Å². The summed E-state index contributed by atoms with van der Waals surface area (Å²) in [6.07, 6.45) is 2.31. The van der Waals surface area contributed by atoms with Crippen LogP contribution in [0.5, 0.6) is 0 Å². The summed E-state index contributed by atoms with van der Waals surface area (Å²) in [7, 11) is 0. The first-order chi connectivity index (χ1) is 9.17. The fraction of sp³-hybridized carbons (Fsp3) is 0.786. The van der Waals surface area contributed by atoms with Crippen molar-refractivity contribution in [3.63, 3.8) is 0 Å². The van der Waals surface area contributed by atoms with Crippen molar-refractivity contribution < 1.29 is 4.74 Å². The molecule has 1 aromatic heterocycles. The lowest BCUT2D eigenvalue weighted by Gasteiger charge is -2.29. The van der Waals surface area contributed by atoms with E-state index in [0.29, 0.717) is 12.5 Å². The highest BCUT2D eigenvalue weighted by Gasteiger charge is 2.23. The van der Waals surface area contributed by atoms with E-state index in [9.17, 15) is 0 Å². The Morgan fingerprint density at radius 1 is 1.47 bits per heavy atom. The molecule has 1 saturated heterocycles. The van der Waals surface area contributed by atoms with Crippen LogP contribution in [0.4, 0.5) is 0 Å². The van der Waals surface area contributed by atoms with Crippen LogP contribution >= 0.6 is 11.6 Å². The SMILES string of the molecule is CCc1nn(CC)c(COC2CNCCC2C)c1Cl. The Hall–Kier alpha value is -0.580. The van der Waals surface area contributed by atoms with Crippen molar-refractivity contribution in [3.05, 3.63) is 16.4 Å². The normalized spacial score (nSPS) is 23.8. The molecule has 0 aromatic carbocycles. The van der Waals surface area contributed by atoms with E-state index in [1.54, 1.807) is 0 Å². The zero-order chi connectivity index (χ0) is 13.8. The van der Waals surface area contributed by atoms with Gasteiger partial charge in [-0.05, 0) is 32.2 Å². The number of piperidine rings is 1. The van der Waals surface area contributed by atoms with Gasteiger partial charge in [-0.2, -0.15) is 5.10 Å². The molecule has 0 saturated carbocycles. The highest BCUT2D eigenvalue weighted by Crippen LogP contribution is 2.24. The van der Waals surface area contributed by atoms with Gasteiger partial charge in [-0.15, -0.1) is 0 Å². The number of halogens is 1. The molecule has 1 fully saturated rings. The Kier molecular flexibility index (Phi) is 5.25. The summed E-state index contributed by atoms with van der Waals surface area (Å²) >= 11 is 6.38. The van der Waals surface area contributed by atoms with Gasteiger partial charge in [0.2, 0.25) is 0 Å². The van der Waals surface area contributed by atoms with Crippen LogP contribution in [-0.4, -0.2) is 29.0 Å². The summed E-state index contributed by atoms with van der Waals surface area (Å²) in [6.45, 7) is 9.81. The third kappa shape index (κ3) is 3.30. The van der Waals surface area contributed by atoms with E-state index in [4.69, 9.17) is 16.3 Å². The van der Waals surface area contributed by atoms with Crippen LogP contribution in [0.15, 0.2) is 0 Å². The number of ether oxygens (including phenoxy) is 1. The number of hydrogen-bond acceptors (Lipinski definition) is 3. The molecule has 19 heavy (non-hydrogen) atoms. The van der Waals surface area contributed by atoms with Crippen molar-refractivity contribution in [1.29, 1.82) is 0 Å². The quantitative estimate of drug-likeness (QED) is 0.904. The van der Waals surface area contributed by atoms with Gasteiger partial charge < -0.3 is 10.1 Å². The van der Waals surface area contributed by atoms with Crippen molar-refractivity contribution in [2.24, 2.45) is 5.92 Å². The van der Waals surface area contributed by atoms with Crippen LogP contribution in [0.1, 0.15) is 38.6 Å². The van der Waals surface area contributed by atoms with E-state index in [0.717, 1.165) is 42.5 Å². The molecule has 5 heteroatoms.